The Morgan fingerprint density at radius 1 is 1.08 bits per heavy atom. The van der Waals surface area contributed by atoms with E-state index in [2.05, 4.69) is 0 Å². The lowest BCUT2D eigenvalue weighted by molar-refractivity contribution is -0.144. The fraction of sp³-hybridized carbons (Fsp3) is 0.211. The zero-order chi connectivity index (χ0) is 17.5. The number of benzene rings is 2. The van der Waals surface area contributed by atoms with Gasteiger partial charge in [-0.1, -0.05) is 29.8 Å². The molecule has 0 spiro atoms. The van der Waals surface area contributed by atoms with Gasteiger partial charge in [0.2, 0.25) is 5.78 Å². The van der Waals surface area contributed by atoms with Crippen molar-refractivity contribution in [3.63, 3.8) is 0 Å². The molecular formula is C19H17NO4. The number of esters is 1. The van der Waals surface area contributed by atoms with E-state index in [-0.39, 0.29) is 19.0 Å². The molecule has 2 rings (SSSR count). The maximum absolute atomic E-state index is 12.1. The fourth-order valence-electron chi connectivity index (χ4n) is 2.12. The zero-order valence-corrected chi connectivity index (χ0v) is 13.5. The second-order valence-corrected chi connectivity index (χ2v) is 5.30. The predicted octanol–water partition coefficient (Wildman–Crippen LogP) is 2.98. The Balaban J connectivity index is 1.88. The van der Waals surface area contributed by atoms with Gasteiger partial charge in [0.1, 0.15) is 11.8 Å². The number of ketones is 1. The van der Waals surface area contributed by atoms with E-state index >= 15 is 0 Å². The van der Waals surface area contributed by atoms with E-state index in [1.165, 1.54) is 0 Å². The van der Waals surface area contributed by atoms with Gasteiger partial charge in [0, 0.05) is 5.56 Å². The van der Waals surface area contributed by atoms with Gasteiger partial charge < -0.3 is 9.47 Å². The number of para-hydroxylation sites is 1. The van der Waals surface area contributed by atoms with Crippen LogP contribution in [0.4, 0.5) is 0 Å². The molecule has 2 aromatic carbocycles. The molecule has 0 N–H and O–H groups in total. The van der Waals surface area contributed by atoms with Gasteiger partial charge in [0.15, 0.2) is 13.2 Å². The number of carbonyl (C=O) groups excluding carboxylic acids is 2. The normalized spacial score (nSPS) is 9.88. The molecule has 0 saturated carbocycles. The van der Waals surface area contributed by atoms with Crippen LogP contribution in [0.25, 0.3) is 0 Å². The van der Waals surface area contributed by atoms with Crippen molar-refractivity contribution in [1.82, 2.24) is 0 Å². The number of aryl methyl sites for hydroxylation is 2. The number of carbonyl (C=O) groups is 2. The first-order valence-electron chi connectivity index (χ1n) is 7.39. The first-order chi connectivity index (χ1) is 11.5. The molecule has 122 valence electrons. The summed E-state index contributed by atoms with van der Waals surface area (Å²) in [4.78, 5) is 23.9. The summed E-state index contributed by atoms with van der Waals surface area (Å²) in [5, 5.41) is 8.94. The molecule has 0 saturated heterocycles. The summed E-state index contributed by atoms with van der Waals surface area (Å²) in [6, 6.07) is 14.1. The van der Waals surface area contributed by atoms with Crippen LogP contribution in [0.5, 0.6) is 5.75 Å². The summed E-state index contributed by atoms with van der Waals surface area (Å²) >= 11 is 0. The van der Waals surface area contributed by atoms with E-state index in [1.54, 1.807) is 30.3 Å². The van der Waals surface area contributed by atoms with Crippen LogP contribution in [-0.4, -0.2) is 25.0 Å². The molecule has 0 fully saturated rings. The summed E-state index contributed by atoms with van der Waals surface area (Å²) in [5.74, 6) is -0.624. The number of Topliss-reactive ketones (excluding diaryl/α,β-unsaturated/α-hetero) is 1. The van der Waals surface area contributed by atoms with Crippen LogP contribution in [0, 0.1) is 25.2 Å². The number of hydrogen-bond donors (Lipinski definition) is 0. The van der Waals surface area contributed by atoms with E-state index in [4.69, 9.17) is 14.7 Å². The lowest BCUT2D eigenvalue weighted by Crippen LogP contribution is -2.20. The topological polar surface area (TPSA) is 76.4 Å². The quantitative estimate of drug-likeness (QED) is 0.603. The Hall–Kier alpha value is -3.13. The minimum Gasteiger partial charge on any atom is -0.481 e. The maximum Gasteiger partial charge on any atom is 0.344 e. The summed E-state index contributed by atoms with van der Waals surface area (Å²) in [6.45, 7) is 3.02. The third kappa shape index (κ3) is 4.43. The van der Waals surface area contributed by atoms with Crippen molar-refractivity contribution >= 4 is 11.8 Å². The Morgan fingerprint density at radius 3 is 2.58 bits per heavy atom. The summed E-state index contributed by atoms with van der Waals surface area (Å²) < 4.78 is 10.2. The van der Waals surface area contributed by atoms with Crippen molar-refractivity contribution in [1.29, 1.82) is 5.26 Å². The molecule has 0 atom stereocenters. The van der Waals surface area contributed by atoms with Crippen LogP contribution in [0.2, 0.25) is 0 Å². The third-order valence-corrected chi connectivity index (χ3v) is 3.41. The number of ether oxygens (including phenoxy) is 2. The van der Waals surface area contributed by atoms with Crippen molar-refractivity contribution in [3.05, 3.63) is 64.7 Å². The molecule has 0 aliphatic rings. The summed E-state index contributed by atoms with van der Waals surface area (Å²) in [6.07, 6.45) is 0. The zero-order valence-electron chi connectivity index (χ0n) is 13.5. The minimum absolute atomic E-state index is 0.262. The van der Waals surface area contributed by atoms with Gasteiger partial charge in [-0.25, -0.2) is 4.79 Å². The largest absolute Gasteiger partial charge is 0.481 e. The van der Waals surface area contributed by atoms with Crippen molar-refractivity contribution in [3.8, 4) is 11.8 Å². The molecule has 24 heavy (non-hydrogen) atoms. The first-order valence-corrected chi connectivity index (χ1v) is 7.39. The Morgan fingerprint density at radius 2 is 1.83 bits per heavy atom. The van der Waals surface area contributed by atoms with Crippen LogP contribution >= 0.6 is 0 Å². The van der Waals surface area contributed by atoms with E-state index < -0.39 is 5.97 Å². The van der Waals surface area contributed by atoms with E-state index in [9.17, 15) is 9.59 Å². The number of hydrogen-bond acceptors (Lipinski definition) is 5. The molecule has 0 aliphatic heterocycles. The average Bonchev–Trinajstić information content (AvgIpc) is 2.60. The molecule has 0 unspecified atom stereocenters. The summed E-state index contributed by atoms with van der Waals surface area (Å²) in [7, 11) is 0. The highest BCUT2D eigenvalue weighted by atomic mass is 16.6. The monoisotopic (exact) mass is 323 g/mol. The predicted molar refractivity (Wildman–Crippen MR) is 87.9 cm³/mol. The van der Waals surface area contributed by atoms with Gasteiger partial charge in [-0.15, -0.1) is 0 Å². The maximum atomic E-state index is 12.1. The van der Waals surface area contributed by atoms with E-state index in [0.717, 1.165) is 11.1 Å². The van der Waals surface area contributed by atoms with Crippen molar-refractivity contribution in [2.45, 2.75) is 13.8 Å². The second-order valence-electron chi connectivity index (χ2n) is 5.30. The summed E-state index contributed by atoms with van der Waals surface area (Å²) in [5.41, 5.74) is 2.67. The van der Waals surface area contributed by atoms with Gasteiger partial charge in [-0.3, -0.25) is 4.79 Å². The number of nitriles is 1. The van der Waals surface area contributed by atoms with Crippen LogP contribution < -0.4 is 4.74 Å². The average molecular weight is 323 g/mol. The van der Waals surface area contributed by atoms with Crippen LogP contribution in [0.15, 0.2) is 42.5 Å². The smallest absolute Gasteiger partial charge is 0.344 e. The van der Waals surface area contributed by atoms with Gasteiger partial charge >= 0.3 is 5.97 Å². The number of rotatable bonds is 6. The fourth-order valence-corrected chi connectivity index (χ4v) is 2.12. The van der Waals surface area contributed by atoms with Gasteiger partial charge in [0.05, 0.1) is 5.56 Å². The number of nitrogens with zero attached hydrogens (tertiary/aromatic N) is 1. The third-order valence-electron chi connectivity index (χ3n) is 3.41. The molecule has 0 bridgehead atoms. The molecule has 0 aliphatic carbocycles. The molecular weight excluding hydrogens is 306 g/mol. The highest BCUT2D eigenvalue weighted by Crippen LogP contribution is 2.16. The standard InChI is InChI=1S/C19H17NO4/c1-13-7-8-14(2)16(9-13)17(21)11-24-19(22)12-23-18-6-4-3-5-15(18)10-20/h3-9H,11-12H2,1-2H3. The molecule has 2 aromatic rings. The lowest BCUT2D eigenvalue weighted by atomic mass is 10.0. The first kappa shape index (κ1) is 17.2. The van der Waals surface area contributed by atoms with Crippen molar-refractivity contribution in [2.24, 2.45) is 0 Å². The minimum atomic E-state index is -0.665. The Kier molecular flexibility index (Phi) is 5.69. The molecule has 0 amide bonds. The molecule has 5 heteroatoms. The SMILES string of the molecule is Cc1ccc(C)c(C(=O)COC(=O)COc2ccccc2C#N)c1. The van der Waals surface area contributed by atoms with E-state index in [1.807, 2.05) is 32.0 Å². The second kappa shape index (κ2) is 7.93. The highest BCUT2D eigenvalue weighted by molar-refractivity contribution is 5.99. The van der Waals surface area contributed by atoms with Crippen molar-refractivity contribution < 1.29 is 19.1 Å². The van der Waals surface area contributed by atoms with Crippen LogP contribution in [0.3, 0.4) is 0 Å². The Bertz CT molecular complexity index is 805. The van der Waals surface area contributed by atoms with Gasteiger partial charge in [-0.05, 0) is 37.6 Å². The van der Waals surface area contributed by atoms with Crippen LogP contribution in [-0.2, 0) is 9.53 Å². The molecule has 0 radical (unpaired) electrons. The Labute approximate surface area is 140 Å². The van der Waals surface area contributed by atoms with Crippen LogP contribution in [0.1, 0.15) is 27.0 Å². The van der Waals surface area contributed by atoms with E-state index in [0.29, 0.717) is 16.9 Å². The lowest BCUT2D eigenvalue weighted by Gasteiger charge is -2.09. The van der Waals surface area contributed by atoms with Gasteiger partial charge in [-0.2, -0.15) is 5.26 Å². The van der Waals surface area contributed by atoms with Gasteiger partial charge in [0.25, 0.3) is 0 Å². The highest BCUT2D eigenvalue weighted by Gasteiger charge is 2.13. The van der Waals surface area contributed by atoms with Crippen molar-refractivity contribution in [2.75, 3.05) is 13.2 Å². The molecule has 0 aromatic heterocycles. The molecule has 5 nitrogen and oxygen atoms in total. The molecule has 0 heterocycles.